The number of carbonyl (C=O) groups is 1. The van der Waals surface area contributed by atoms with Crippen LogP contribution in [0, 0.1) is 18.3 Å². The molecule has 1 N–H and O–H groups in total. The molecule has 1 fully saturated rings. The van der Waals surface area contributed by atoms with Crippen molar-refractivity contribution in [3.05, 3.63) is 82.7 Å². The van der Waals surface area contributed by atoms with Crippen LogP contribution in [0.5, 0.6) is 5.75 Å². The lowest BCUT2D eigenvalue weighted by molar-refractivity contribution is -0.143. The van der Waals surface area contributed by atoms with E-state index in [1.54, 1.807) is 47.4 Å². The summed E-state index contributed by atoms with van der Waals surface area (Å²) in [6.07, 6.45) is -3.61. The first-order chi connectivity index (χ1) is 19.7. The van der Waals surface area contributed by atoms with E-state index < -0.39 is 17.8 Å². The van der Waals surface area contributed by atoms with Crippen LogP contribution in [0.2, 0.25) is 0 Å². The molecule has 1 atom stereocenters. The molecule has 41 heavy (non-hydrogen) atoms. The van der Waals surface area contributed by atoms with E-state index in [9.17, 15) is 28.3 Å². The quantitative estimate of drug-likeness (QED) is 0.376. The van der Waals surface area contributed by atoms with Crippen molar-refractivity contribution in [3.63, 3.8) is 0 Å². The predicted octanol–water partition coefficient (Wildman–Crippen LogP) is 4.10. The summed E-state index contributed by atoms with van der Waals surface area (Å²) < 4.78 is 48.6. The molecule has 12 heteroatoms. The summed E-state index contributed by atoms with van der Waals surface area (Å²) in [5.74, 6) is 0.0703. The number of ether oxygens (including phenoxy) is 1. The normalized spacial score (nSPS) is 15.1. The highest BCUT2D eigenvalue weighted by Crippen LogP contribution is 2.37. The second-order valence-electron chi connectivity index (χ2n) is 9.72. The molecular weight excluding hydrogens is 537 g/mol. The first-order valence-corrected chi connectivity index (χ1v) is 12.9. The monoisotopic (exact) mass is 564 g/mol. The molecule has 5 rings (SSSR count). The van der Waals surface area contributed by atoms with Gasteiger partial charge in [0.2, 0.25) is 0 Å². The van der Waals surface area contributed by atoms with Gasteiger partial charge in [-0.3, -0.25) is 9.69 Å². The number of hydrogen-bond donors (Lipinski definition) is 1. The van der Waals surface area contributed by atoms with Crippen molar-refractivity contribution in [2.75, 3.05) is 39.9 Å². The van der Waals surface area contributed by atoms with Crippen LogP contribution in [0.4, 0.5) is 13.2 Å². The summed E-state index contributed by atoms with van der Waals surface area (Å²) in [6.45, 7) is 2.58. The molecule has 0 unspecified atom stereocenters. The van der Waals surface area contributed by atoms with Crippen molar-refractivity contribution in [1.82, 2.24) is 24.4 Å². The van der Waals surface area contributed by atoms with E-state index >= 15 is 0 Å². The average Bonchev–Trinajstić information content (AvgIpc) is 3.39. The number of carbonyl (C=O) groups excluding carboxylic acids is 1. The molecule has 4 aromatic rings. The number of methoxy groups -OCH3 is 1. The van der Waals surface area contributed by atoms with E-state index in [1.165, 1.54) is 14.0 Å². The highest BCUT2D eigenvalue weighted by atomic mass is 19.4. The maximum Gasteiger partial charge on any atom is 0.433 e. The number of fused-ring (bicyclic) bond motifs is 1. The molecule has 0 bridgehead atoms. The van der Waals surface area contributed by atoms with Gasteiger partial charge in [-0.1, -0.05) is 12.1 Å². The van der Waals surface area contributed by atoms with Crippen LogP contribution < -0.4 is 4.74 Å². The van der Waals surface area contributed by atoms with Crippen LogP contribution in [0.25, 0.3) is 16.9 Å². The van der Waals surface area contributed by atoms with Crippen molar-refractivity contribution in [1.29, 1.82) is 5.26 Å². The van der Waals surface area contributed by atoms with Gasteiger partial charge in [0.1, 0.15) is 11.3 Å². The van der Waals surface area contributed by atoms with Crippen molar-refractivity contribution in [3.8, 4) is 23.1 Å². The number of nitriles is 1. The summed E-state index contributed by atoms with van der Waals surface area (Å²) in [4.78, 5) is 21.7. The third-order valence-electron chi connectivity index (χ3n) is 7.36. The lowest BCUT2D eigenvalue weighted by Crippen LogP contribution is -2.50. The zero-order valence-corrected chi connectivity index (χ0v) is 22.4. The van der Waals surface area contributed by atoms with E-state index in [4.69, 9.17) is 4.74 Å². The lowest BCUT2D eigenvalue weighted by atomic mass is 10.0. The third-order valence-corrected chi connectivity index (χ3v) is 7.36. The van der Waals surface area contributed by atoms with Gasteiger partial charge in [-0.15, -0.1) is 0 Å². The van der Waals surface area contributed by atoms with Gasteiger partial charge < -0.3 is 14.7 Å². The molecule has 0 spiro atoms. The molecule has 1 amide bonds. The molecule has 3 heterocycles. The summed E-state index contributed by atoms with van der Waals surface area (Å²) in [7, 11) is 1.49. The fraction of sp³-hybridized carbons (Fsp3) is 0.310. The highest BCUT2D eigenvalue weighted by Gasteiger charge is 2.39. The Morgan fingerprint density at radius 1 is 1.15 bits per heavy atom. The zero-order chi connectivity index (χ0) is 29.3. The van der Waals surface area contributed by atoms with Gasteiger partial charge >= 0.3 is 6.18 Å². The number of aliphatic hydroxyl groups is 1. The molecule has 1 saturated heterocycles. The topological polar surface area (TPSA) is 107 Å². The summed E-state index contributed by atoms with van der Waals surface area (Å²) in [5.41, 5.74) is 0.500. The second kappa shape index (κ2) is 11.2. The molecule has 0 aliphatic carbocycles. The third kappa shape index (κ3) is 5.33. The molecule has 1 aliphatic heterocycles. The Bertz CT molecular complexity index is 1620. The number of nitrogens with zero attached hydrogens (tertiary/aromatic N) is 6. The largest absolute Gasteiger partial charge is 0.497 e. The van der Waals surface area contributed by atoms with E-state index in [-0.39, 0.29) is 48.2 Å². The number of alkyl halides is 3. The van der Waals surface area contributed by atoms with Crippen molar-refractivity contribution < 1.29 is 27.8 Å². The molecule has 0 saturated carbocycles. The van der Waals surface area contributed by atoms with E-state index in [1.807, 2.05) is 11.0 Å². The Balaban J connectivity index is 1.44. The fourth-order valence-corrected chi connectivity index (χ4v) is 5.24. The first-order valence-electron chi connectivity index (χ1n) is 12.9. The summed E-state index contributed by atoms with van der Waals surface area (Å²) in [6, 6.07) is 15.2. The van der Waals surface area contributed by atoms with Gasteiger partial charge in [-0.25, -0.2) is 9.50 Å². The standard InChI is InChI=1S/C29H27F3N6O3/c1-18-25(20-6-8-22(41-2)9-7-20)35-27-23(16-34-38(27)26(18)29(30,31)32)28(40)37-12-10-36(11-13-37)24(17-39)21-5-3-4-19(14-21)15-33/h3-9,14,16,24,39H,10-13,17H2,1-2H3/t24-/m1/s1. The fourth-order valence-electron chi connectivity index (χ4n) is 5.24. The Labute approximate surface area is 234 Å². The average molecular weight is 565 g/mol. The molecule has 2 aromatic carbocycles. The Kier molecular flexibility index (Phi) is 7.66. The van der Waals surface area contributed by atoms with Crippen LogP contribution >= 0.6 is 0 Å². The highest BCUT2D eigenvalue weighted by molar-refractivity contribution is 6.00. The number of aromatic nitrogens is 3. The Morgan fingerprint density at radius 2 is 1.85 bits per heavy atom. The predicted molar refractivity (Wildman–Crippen MR) is 143 cm³/mol. The number of hydrogen-bond acceptors (Lipinski definition) is 7. The van der Waals surface area contributed by atoms with Crippen LogP contribution in [-0.2, 0) is 6.18 Å². The first kappa shape index (κ1) is 28.1. The molecule has 212 valence electrons. The van der Waals surface area contributed by atoms with Crippen molar-refractivity contribution in [2.24, 2.45) is 0 Å². The maximum absolute atomic E-state index is 14.3. The van der Waals surface area contributed by atoms with Gasteiger partial charge in [0.15, 0.2) is 11.3 Å². The van der Waals surface area contributed by atoms with Gasteiger partial charge in [0.25, 0.3) is 5.91 Å². The van der Waals surface area contributed by atoms with Gasteiger partial charge in [-0.05, 0) is 48.9 Å². The number of benzene rings is 2. The minimum atomic E-state index is -4.74. The van der Waals surface area contributed by atoms with Crippen LogP contribution in [0.3, 0.4) is 0 Å². The molecule has 1 aliphatic rings. The summed E-state index contributed by atoms with van der Waals surface area (Å²) in [5, 5.41) is 23.2. The molecule has 0 radical (unpaired) electrons. The zero-order valence-electron chi connectivity index (χ0n) is 22.4. The Morgan fingerprint density at radius 3 is 2.46 bits per heavy atom. The molecule has 9 nitrogen and oxygen atoms in total. The number of piperazine rings is 1. The second-order valence-corrected chi connectivity index (χ2v) is 9.72. The Hall–Kier alpha value is -4.47. The van der Waals surface area contributed by atoms with Crippen LogP contribution in [0.1, 0.15) is 38.8 Å². The molecular formula is C29H27F3N6O3. The van der Waals surface area contributed by atoms with Crippen LogP contribution in [-0.4, -0.2) is 75.3 Å². The number of amides is 1. The van der Waals surface area contributed by atoms with Gasteiger partial charge in [-0.2, -0.15) is 23.5 Å². The van der Waals surface area contributed by atoms with E-state index in [0.717, 1.165) is 11.8 Å². The van der Waals surface area contributed by atoms with E-state index in [0.29, 0.717) is 34.5 Å². The number of aliphatic hydroxyl groups excluding tert-OH is 1. The van der Waals surface area contributed by atoms with E-state index in [2.05, 4.69) is 16.2 Å². The number of rotatable bonds is 6. The minimum Gasteiger partial charge on any atom is -0.497 e. The summed E-state index contributed by atoms with van der Waals surface area (Å²) >= 11 is 0. The number of halogens is 3. The SMILES string of the molecule is COc1ccc(-c2nc3c(C(=O)N4CCN([C@H](CO)c5cccc(C#N)c5)CC4)cnn3c(C(F)(F)F)c2C)cc1. The lowest BCUT2D eigenvalue weighted by Gasteiger charge is -2.38. The maximum atomic E-state index is 14.3. The van der Waals surface area contributed by atoms with Gasteiger partial charge in [0.05, 0.1) is 43.3 Å². The molecule has 2 aromatic heterocycles. The van der Waals surface area contributed by atoms with Crippen molar-refractivity contribution in [2.45, 2.75) is 19.1 Å². The minimum absolute atomic E-state index is 0.0286. The smallest absolute Gasteiger partial charge is 0.433 e. The van der Waals surface area contributed by atoms with Crippen LogP contribution in [0.15, 0.2) is 54.7 Å². The van der Waals surface area contributed by atoms with Crippen molar-refractivity contribution >= 4 is 11.6 Å². The van der Waals surface area contributed by atoms with Gasteiger partial charge in [0, 0.05) is 37.3 Å².